The van der Waals surface area contributed by atoms with Crippen molar-refractivity contribution in [3.05, 3.63) is 29.8 Å². The molecule has 0 fully saturated rings. The first-order chi connectivity index (χ1) is 10.8. The molecule has 0 unspecified atom stereocenters. The molecule has 0 spiro atoms. The van der Waals surface area contributed by atoms with E-state index in [2.05, 4.69) is 50.5 Å². The maximum atomic E-state index is 11.8. The summed E-state index contributed by atoms with van der Waals surface area (Å²) in [4.78, 5) is 11.8. The summed E-state index contributed by atoms with van der Waals surface area (Å²) in [5.41, 5.74) is 1.10. The van der Waals surface area contributed by atoms with Gasteiger partial charge >= 0.3 is 0 Å². The van der Waals surface area contributed by atoms with Crippen LogP contribution in [0, 0.1) is 5.92 Å². The smallest absolute Gasteiger partial charge is 0.220 e. The summed E-state index contributed by atoms with van der Waals surface area (Å²) in [7, 11) is 1.90. The normalized spacial score (nSPS) is 11.1. The lowest BCUT2D eigenvalue weighted by molar-refractivity contribution is -0.121. The molecule has 4 nitrogen and oxygen atoms in total. The van der Waals surface area contributed by atoms with E-state index in [-0.39, 0.29) is 23.7 Å². The van der Waals surface area contributed by atoms with Gasteiger partial charge < -0.3 is 15.4 Å². The Morgan fingerprint density at radius 1 is 1.21 bits per heavy atom. The van der Waals surface area contributed by atoms with Crippen molar-refractivity contribution < 1.29 is 9.53 Å². The highest BCUT2D eigenvalue weighted by atomic mass is 35.5. The Bertz CT molecular complexity index is 473. The largest absolute Gasteiger partial charge is 0.493 e. The minimum atomic E-state index is -0.102. The van der Waals surface area contributed by atoms with Gasteiger partial charge in [0.25, 0.3) is 0 Å². The van der Waals surface area contributed by atoms with E-state index >= 15 is 0 Å². The fourth-order valence-corrected chi connectivity index (χ4v) is 2.20. The van der Waals surface area contributed by atoms with Crippen molar-refractivity contribution in [1.29, 1.82) is 0 Å². The van der Waals surface area contributed by atoms with Crippen LogP contribution in [-0.2, 0) is 10.2 Å². The average Bonchev–Trinajstić information content (AvgIpc) is 2.52. The average molecular weight is 357 g/mol. The summed E-state index contributed by atoms with van der Waals surface area (Å²) in [5.74, 6) is 1.53. The molecule has 1 aromatic carbocycles. The van der Waals surface area contributed by atoms with E-state index in [1.807, 2.05) is 19.2 Å². The Labute approximate surface area is 153 Å². The Morgan fingerprint density at radius 2 is 1.83 bits per heavy atom. The molecule has 5 heteroatoms. The van der Waals surface area contributed by atoms with Gasteiger partial charge in [0.1, 0.15) is 5.75 Å². The van der Waals surface area contributed by atoms with Crippen LogP contribution in [0.4, 0.5) is 0 Å². The number of nitrogens with one attached hydrogen (secondary N) is 2. The molecular formula is C19H33ClN2O2. The van der Waals surface area contributed by atoms with Crippen molar-refractivity contribution in [3.8, 4) is 5.75 Å². The second-order valence-electron chi connectivity index (χ2n) is 7.10. The fourth-order valence-electron chi connectivity index (χ4n) is 2.20. The van der Waals surface area contributed by atoms with Crippen LogP contribution >= 0.6 is 12.4 Å². The third-order valence-electron chi connectivity index (χ3n) is 3.78. The number of hydrogen-bond acceptors (Lipinski definition) is 3. The number of benzene rings is 1. The summed E-state index contributed by atoms with van der Waals surface area (Å²) in [6.45, 7) is 10.8. The highest BCUT2D eigenvalue weighted by molar-refractivity contribution is 5.85. The van der Waals surface area contributed by atoms with Crippen LogP contribution < -0.4 is 15.4 Å². The Morgan fingerprint density at radius 3 is 2.38 bits per heavy atom. The number of carbonyl (C=O) groups excluding carboxylic acids is 1. The highest BCUT2D eigenvalue weighted by Crippen LogP contribution is 2.24. The Hall–Kier alpha value is -1.26. The Kier molecular flexibility index (Phi) is 10.7. The summed E-state index contributed by atoms with van der Waals surface area (Å²) in [6, 6.07) is 8.19. The van der Waals surface area contributed by atoms with Gasteiger partial charge in [0.15, 0.2) is 0 Å². The van der Waals surface area contributed by atoms with Gasteiger partial charge in [-0.1, -0.05) is 39.8 Å². The van der Waals surface area contributed by atoms with Gasteiger partial charge in [-0.05, 0) is 43.6 Å². The molecule has 24 heavy (non-hydrogen) atoms. The number of ether oxygens (including phenoxy) is 1. The summed E-state index contributed by atoms with van der Waals surface area (Å²) >= 11 is 0. The lowest BCUT2D eigenvalue weighted by Gasteiger charge is -2.26. The third-order valence-corrected chi connectivity index (χ3v) is 3.78. The second kappa shape index (κ2) is 11.3. The molecule has 1 aromatic rings. The minimum Gasteiger partial charge on any atom is -0.493 e. The van der Waals surface area contributed by atoms with E-state index in [1.165, 1.54) is 5.56 Å². The molecule has 0 atom stereocenters. The number of hydrogen-bond donors (Lipinski definition) is 2. The molecule has 0 saturated carbocycles. The van der Waals surface area contributed by atoms with Crippen LogP contribution in [0.2, 0.25) is 0 Å². The van der Waals surface area contributed by atoms with Crippen molar-refractivity contribution in [1.82, 2.24) is 10.6 Å². The molecule has 2 N–H and O–H groups in total. The molecular weight excluding hydrogens is 324 g/mol. The number of carbonyl (C=O) groups is 1. The summed E-state index contributed by atoms with van der Waals surface area (Å²) in [6.07, 6.45) is 1.43. The topological polar surface area (TPSA) is 50.4 Å². The molecule has 0 radical (unpaired) electrons. The van der Waals surface area contributed by atoms with E-state index in [9.17, 15) is 4.79 Å². The van der Waals surface area contributed by atoms with Crippen LogP contribution in [0.25, 0.3) is 0 Å². The molecule has 1 amide bonds. The van der Waals surface area contributed by atoms with Crippen LogP contribution in [0.1, 0.15) is 46.1 Å². The Balaban J connectivity index is 0.00000529. The zero-order chi connectivity index (χ0) is 17.3. The predicted molar refractivity (Wildman–Crippen MR) is 103 cm³/mol. The molecule has 0 bridgehead atoms. The van der Waals surface area contributed by atoms with Crippen molar-refractivity contribution in [3.63, 3.8) is 0 Å². The van der Waals surface area contributed by atoms with Crippen molar-refractivity contribution in [2.75, 3.05) is 26.7 Å². The molecule has 1 rings (SSSR count). The van der Waals surface area contributed by atoms with Gasteiger partial charge in [0.2, 0.25) is 5.91 Å². The summed E-state index contributed by atoms with van der Waals surface area (Å²) in [5, 5.41) is 6.09. The van der Waals surface area contributed by atoms with E-state index < -0.39 is 0 Å². The van der Waals surface area contributed by atoms with Crippen LogP contribution in [0.3, 0.4) is 0 Å². The van der Waals surface area contributed by atoms with E-state index in [1.54, 1.807) is 0 Å². The van der Waals surface area contributed by atoms with Gasteiger partial charge in [-0.25, -0.2) is 0 Å². The zero-order valence-electron chi connectivity index (χ0n) is 15.6. The van der Waals surface area contributed by atoms with Gasteiger partial charge in [-0.2, -0.15) is 0 Å². The monoisotopic (exact) mass is 356 g/mol. The molecule has 138 valence electrons. The highest BCUT2D eigenvalue weighted by Gasteiger charge is 2.21. The fraction of sp³-hybridized carbons (Fsp3) is 0.632. The minimum absolute atomic E-state index is 0. The maximum Gasteiger partial charge on any atom is 0.220 e. The van der Waals surface area contributed by atoms with Gasteiger partial charge in [-0.15, -0.1) is 12.4 Å². The van der Waals surface area contributed by atoms with Gasteiger partial charge in [0.05, 0.1) is 6.61 Å². The standard InChI is InChI=1S/C19H32N2O2.ClH/c1-15(2)13-23-17-10-8-16(9-11-17)19(3,4)14-21-18(22)7-6-12-20-5;/h8-11,15,20H,6-7,12-14H2,1-5H3,(H,21,22);1H. The molecule has 0 heterocycles. The van der Waals surface area contributed by atoms with Crippen LogP contribution in [0.5, 0.6) is 5.75 Å². The maximum absolute atomic E-state index is 11.8. The first kappa shape index (κ1) is 22.7. The first-order valence-electron chi connectivity index (χ1n) is 8.50. The third kappa shape index (κ3) is 8.55. The zero-order valence-corrected chi connectivity index (χ0v) is 16.5. The molecule has 0 aromatic heterocycles. The molecule has 0 saturated heterocycles. The van der Waals surface area contributed by atoms with E-state index in [0.717, 1.165) is 25.3 Å². The van der Waals surface area contributed by atoms with Gasteiger partial charge in [0, 0.05) is 18.4 Å². The lowest BCUT2D eigenvalue weighted by atomic mass is 9.84. The second-order valence-corrected chi connectivity index (χ2v) is 7.10. The van der Waals surface area contributed by atoms with Crippen LogP contribution in [0.15, 0.2) is 24.3 Å². The first-order valence-corrected chi connectivity index (χ1v) is 8.50. The van der Waals surface area contributed by atoms with E-state index in [4.69, 9.17) is 4.74 Å². The molecule has 0 aliphatic carbocycles. The number of halogens is 1. The van der Waals surface area contributed by atoms with Crippen molar-refractivity contribution in [2.24, 2.45) is 5.92 Å². The molecule has 0 aliphatic rings. The van der Waals surface area contributed by atoms with Crippen molar-refractivity contribution in [2.45, 2.75) is 46.0 Å². The molecule has 0 aliphatic heterocycles. The number of rotatable bonds is 10. The van der Waals surface area contributed by atoms with Crippen molar-refractivity contribution >= 4 is 18.3 Å². The van der Waals surface area contributed by atoms with Crippen LogP contribution in [-0.4, -0.2) is 32.7 Å². The van der Waals surface area contributed by atoms with E-state index in [0.29, 0.717) is 18.9 Å². The number of amides is 1. The van der Waals surface area contributed by atoms with Gasteiger partial charge in [-0.3, -0.25) is 4.79 Å². The SMILES string of the molecule is CNCCCC(=O)NCC(C)(C)c1ccc(OCC(C)C)cc1.Cl. The summed E-state index contributed by atoms with van der Waals surface area (Å²) < 4.78 is 5.71. The lowest BCUT2D eigenvalue weighted by Crippen LogP contribution is -2.36. The quantitative estimate of drug-likeness (QED) is 0.630. The predicted octanol–water partition coefficient (Wildman–Crippen LogP) is 3.54.